The van der Waals surface area contributed by atoms with Crippen molar-refractivity contribution in [2.75, 3.05) is 0 Å². The van der Waals surface area contributed by atoms with Gasteiger partial charge in [-0.15, -0.1) is 0 Å². The second-order valence-electron chi connectivity index (χ2n) is 7.08. The topological polar surface area (TPSA) is 43.4 Å². The minimum atomic E-state index is -4.40. The third kappa shape index (κ3) is 8.59. The quantitative estimate of drug-likeness (QED) is 0.413. The Balaban J connectivity index is 2.91. The number of allylic oxidation sites excluding steroid dienone is 2. The molecule has 1 unspecified atom stereocenters. The average Bonchev–Trinajstić information content (AvgIpc) is 2.54. The van der Waals surface area contributed by atoms with E-state index in [4.69, 9.17) is 4.74 Å². The van der Waals surface area contributed by atoms with Gasteiger partial charge in [-0.3, -0.25) is 9.59 Å². The SMILES string of the molecule is CC(=O)/C=C/CCC(C#Cc1ccc(C(F)(F)F)cc1)OC(=O)C(C)(C)C. The predicted octanol–water partition coefficient (Wildman–Crippen LogP) is 4.94. The van der Waals surface area contributed by atoms with E-state index in [0.717, 1.165) is 12.1 Å². The average molecular weight is 380 g/mol. The molecule has 1 aromatic carbocycles. The fourth-order valence-corrected chi connectivity index (χ4v) is 1.87. The van der Waals surface area contributed by atoms with Gasteiger partial charge >= 0.3 is 12.1 Å². The van der Waals surface area contributed by atoms with Crippen LogP contribution < -0.4 is 0 Å². The number of hydrogen-bond donors (Lipinski definition) is 0. The first-order valence-electron chi connectivity index (χ1n) is 8.46. The predicted molar refractivity (Wildman–Crippen MR) is 96.7 cm³/mol. The van der Waals surface area contributed by atoms with Crippen molar-refractivity contribution < 1.29 is 27.5 Å². The first kappa shape index (κ1) is 22.5. The van der Waals surface area contributed by atoms with Crippen LogP contribution in [0.3, 0.4) is 0 Å². The number of carbonyl (C=O) groups excluding carboxylic acids is 2. The molecule has 27 heavy (non-hydrogen) atoms. The highest BCUT2D eigenvalue weighted by Gasteiger charge is 2.30. The van der Waals surface area contributed by atoms with Crippen molar-refractivity contribution in [2.45, 2.75) is 52.8 Å². The molecule has 0 radical (unpaired) electrons. The number of rotatable bonds is 5. The maximum Gasteiger partial charge on any atom is 0.416 e. The van der Waals surface area contributed by atoms with Gasteiger partial charge < -0.3 is 4.74 Å². The van der Waals surface area contributed by atoms with Crippen molar-refractivity contribution in [3.63, 3.8) is 0 Å². The number of ether oxygens (including phenoxy) is 1. The van der Waals surface area contributed by atoms with Crippen LogP contribution in [0.2, 0.25) is 0 Å². The zero-order valence-corrected chi connectivity index (χ0v) is 15.8. The number of ketones is 1. The lowest BCUT2D eigenvalue weighted by Crippen LogP contribution is -2.27. The molecule has 0 spiro atoms. The molecule has 0 saturated carbocycles. The van der Waals surface area contributed by atoms with Crippen LogP contribution in [0.4, 0.5) is 13.2 Å². The number of benzene rings is 1. The third-order valence-corrected chi connectivity index (χ3v) is 3.40. The molecule has 3 nitrogen and oxygen atoms in total. The Hall–Kier alpha value is -2.55. The molecular weight excluding hydrogens is 357 g/mol. The van der Waals surface area contributed by atoms with E-state index >= 15 is 0 Å². The molecule has 6 heteroatoms. The summed E-state index contributed by atoms with van der Waals surface area (Å²) < 4.78 is 43.2. The summed E-state index contributed by atoms with van der Waals surface area (Å²) in [7, 11) is 0. The van der Waals surface area contributed by atoms with Gasteiger partial charge in [0.05, 0.1) is 11.0 Å². The molecule has 0 aliphatic rings. The van der Waals surface area contributed by atoms with Crippen LogP contribution in [0, 0.1) is 17.3 Å². The van der Waals surface area contributed by atoms with Gasteiger partial charge in [0.15, 0.2) is 11.9 Å². The van der Waals surface area contributed by atoms with Crippen LogP contribution in [-0.2, 0) is 20.5 Å². The smallest absolute Gasteiger partial charge is 0.416 e. The van der Waals surface area contributed by atoms with Gasteiger partial charge in [-0.25, -0.2) is 0 Å². The second kappa shape index (κ2) is 9.40. The van der Waals surface area contributed by atoms with Crippen LogP contribution in [0.15, 0.2) is 36.4 Å². The van der Waals surface area contributed by atoms with Gasteiger partial charge in [0.25, 0.3) is 0 Å². The summed E-state index contributed by atoms with van der Waals surface area (Å²) in [6.07, 6.45) is -1.19. The maximum absolute atomic E-state index is 12.6. The number of carbonyl (C=O) groups is 2. The summed E-state index contributed by atoms with van der Waals surface area (Å²) in [5, 5.41) is 0. The normalized spacial score (nSPS) is 13.0. The van der Waals surface area contributed by atoms with Crippen LogP contribution in [-0.4, -0.2) is 17.9 Å². The molecule has 0 saturated heterocycles. The van der Waals surface area contributed by atoms with Crippen molar-refractivity contribution in [1.82, 2.24) is 0 Å². The van der Waals surface area contributed by atoms with E-state index < -0.39 is 29.2 Å². The first-order chi connectivity index (χ1) is 12.4. The van der Waals surface area contributed by atoms with E-state index in [2.05, 4.69) is 11.8 Å². The van der Waals surface area contributed by atoms with Crippen molar-refractivity contribution in [2.24, 2.45) is 5.41 Å². The molecule has 1 rings (SSSR count). The van der Waals surface area contributed by atoms with E-state index in [1.807, 2.05) is 0 Å². The Morgan fingerprint density at radius 1 is 1.15 bits per heavy atom. The molecule has 0 aromatic heterocycles. The molecule has 146 valence electrons. The highest BCUT2D eigenvalue weighted by molar-refractivity contribution is 5.87. The van der Waals surface area contributed by atoms with Crippen molar-refractivity contribution >= 4 is 11.8 Å². The van der Waals surface area contributed by atoms with E-state index in [0.29, 0.717) is 18.4 Å². The molecule has 1 atom stereocenters. The monoisotopic (exact) mass is 380 g/mol. The zero-order valence-electron chi connectivity index (χ0n) is 15.8. The summed E-state index contributed by atoms with van der Waals surface area (Å²) in [6.45, 7) is 6.57. The fourth-order valence-electron chi connectivity index (χ4n) is 1.87. The largest absolute Gasteiger partial charge is 0.449 e. The van der Waals surface area contributed by atoms with Crippen molar-refractivity contribution in [3.05, 3.63) is 47.5 Å². The van der Waals surface area contributed by atoms with Crippen LogP contribution in [0.5, 0.6) is 0 Å². The molecule has 0 heterocycles. The molecule has 0 N–H and O–H groups in total. The van der Waals surface area contributed by atoms with E-state index in [1.54, 1.807) is 26.8 Å². The maximum atomic E-state index is 12.6. The highest BCUT2D eigenvalue weighted by Crippen LogP contribution is 2.29. The summed E-state index contributed by atoms with van der Waals surface area (Å²) in [6, 6.07) is 4.45. The molecule has 0 fully saturated rings. The Morgan fingerprint density at radius 2 is 1.74 bits per heavy atom. The standard InChI is InChI=1S/C21H23F3O3/c1-15(25)7-5-6-8-18(27-19(26)20(2,3)4)14-11-16-9-12-17(13-10-16)21(22,23)24/h5,7,9-10,12-13,18H,6,8H2,1-4H3/b7-5+. The molecule has 0 aliphatic carbocycles. The molecule has 0 aliphatic heterocycles. The summed E-state index contributed by atoms with van der Waals surface area (Å²) in [5.41, 5.74) is -1.07. The lowest BCUT2D eigenvalue weighted by atomic mass is 9.97. The zero-order chi connectivity index (χ0) is 20.7. The van der Waals surface area contributed by atoms with Crippen molar-refractivity contribution in [1.29, 1.82) is 0 Å². The molecule has 1 aromatic rings. The number of esters is 1. The highest BCUT2D eigenvalue weighted by atomic mass is 19.4. The Morgan fingerprint density at radius 3 is 2.22 bits per heavy atom. The molecular formula is C21H23F3O3. The van der Waals surface area contributed by atoms with Gasteiger partial charge in [0, 0.05) is 5.56 Å². The number of alkyl halides is 3. The van der Waals surface area contributed by atoms with Gasteiger partial charge in [-0.1, -0.05) is 17.9 Å². The Bertz CT molecular complexity index is 742. The van der Waals surface area contributed by atoms with E-state index in [9.17, 15) is 22.8 Å². The lowest BCUT2D eigenvalue weighted by Gasteiger charge is -2.20. The van der Waals surface area contributed by atoms with Gasteiger partial charge in [0.2, 0.25) is 0 Å². The summed E-state index contributed by atoms with van der Waals surface area (Å²) in [4.78, 5) is 23.0. The molecule has 0 amide bonds. The second-order valence-corrected chi connectivity index (χ2v) is 7.08. The van der Waals surface area contributed by atoms with Crippen molar-refractivity contribution in [3.8, 4) is 11.8 Å². The van der Waals surface area contributed by atoms with Crippen LogP contribution >= 0.6 is 0 Å². The van der Waals surface area contributed by atoms with Crippen LogP contribution in [0.1, 0.15) is 51.7 Å². The van der Waals surface area contributed by atoms with Gasteiger partial charge in [-0.05, 0) is 70.9 Å². The minimum absolute atomic E-state index is 0.0888. The summed E-state index contributed by atoms with van der Waals surface area (Å²) in [5.74, 6) is 5.02. The number of halogens is 3. The third-order valence-electron chi connectivity index (χ3n) is 3.40. The molecule has 0 bridgehead atoms. The lowest BCUT2D eigenvalue weighted by molar-refractivity contribution is -0.156. The summed E-state index contributed by atoms with van der Waals surface area (Å²) >= 11 is 0. The minimum Gasteiger partial charge on any atom is -0.449 e. The fraction of sp³-hybridized carbons (Fsp3) is 0.429. The number of hydrogen-bond acceptors (Lipinski definition) is 3. The Labute approximate surface area is 157 Å². The Kier molecular flexibility index (Phi) is 7.83. The van der Waals surface area contributed by atoms with Gasteiger partial charge in [0.1, 0.15) is 0 Å². The van der Waals surface area contributed by atoms with Gasteiger partial charge in [-0.2, -0.15) is 13.2 Å². The van der Waals surface area contributed by atoms with E-state index in [-0.39, 0.29) is 5.78 Å². The first-order valence-corrected chi connectivity index (χ1v) is 8.46. The van der Waals surface area contributed by atoms with E-state index in [1.165, 1.54) is 25.1 Å². The van der Waals surface area contributed by atoms with Crippen LogP contribution in [0.25, 0.3) is 0 Å².